The minimum atomic E-state index is -3.60. The second-order valence-electron chi connectivity index (χ2n) is 5.76. The number of nitrogens with one attached hydrogen (secondary N) is 2. The number of aromatic nitrogens is 1. The van der Waals surface area contributed by atoms with Crippen LogP contribution in [0.25, 0.3) is 0 Å². The van der Waals surface area contributed by atoms with Gasteiger partial charge in [-0.15, -0.1) is 0 Å². The van der Waals surface area contributed by atoms with Crippen LogP contribution in [0.1, 0.15) is 0 Å². The van der Waals surface area contributed by atoms with Crippen LogP contribution in [0, 0.1) is 5.82 Å². The predicted octanol–water partition coefficient (Wildman–Crippen LogP) is 1.09. The first kappa shape index (κ1) is 21.6. The van der Waals surface area contributed by atoms with Crippen molar-refractivity contribution in [3.63, 3.8) is 0 Å². The Kier molecular flexibility index (Phi) is 8.15. The third-order valence-electron chi connectivity index (χ3n) is 3.74. The van der Waals surface area contributed by atoms with Gasteiger partial charge in [-0.3, -0.25) is 9.98 Å². The molecule has 152 valence electrons. The molecule has 1 heterocycles. The number of nitrogens with zero attached hydrogens (tertiary/aromatic N) is 3. The highest BCUT2D eigenvalue weighted by Gasteiger charge is 2.13. The molecule has 28 heavy (non-hydrogen) atoms. The molecule has 0 spiro atoms. The number of pyridine rings is 1. The number of guanidine groups is 1. The first-order valence-electron chi connectivity index (χ1n) is 8.63. The highest BCUT2D eigenvalue weighted by atomic mass is 32.2. The predicted molar refractivity (Wildman–Crippen MR) is 105 cm³/mol. The lowest BCUT2D eigenvalue weighted by molar-refractivity contribution is 0.270. The molecule has 8 nitrogen and oxygen atoms in total. The lowest BCUT2D eigenvalue weighted by Crippen LogP contribution is -2.43. The van der Waals surface area contributed by atoms with Gasteiger partial charge in [-0.1, -0.05) is 12.1 Å². The number of sulfonamides is 1. The van der Waals surface area contributed by atoms with Gasteiger partial charge in [0.05, 0.1) is 6.54 Å². The third kappa shape index (κ3) is 6.46. The van der Waals surface area contributed by atoms with Gasteiger partial charge in [0.1, 0.15) is 11.5 Å². The third-order valence-corrected chi connectivity index (χ3v) is 5.19. The minimum absolute atomic E-state index is 0.113. The van der Waals surface area contributed by atoms with Crippen molar-refractivity contribution in [3.05, 3.63) is 54.6 Å². The van der Waals surface area contributed by atoms with Gasteiger partial charge in [0.2, 0.25) is 10.0 Å². The molecule has 0 radical (unpaired) electrons. The Labute approximate surface area is 164 Å². The molecule has 0 fully saturated rings. The SMILES string of the molecule is CN=C(NCCNS(=O)(=O)c1cccnc1)N(C)CCOc1ccccc1F. The van der Waals surface area contributed by atoms with E-state index in [9.17, 15) is 12.8 Å². The van der Waals surface area contributed by atoms with Gasteiger partial charge in [0.15, 0.2) is 17.5 Å². The Morgan fingerprint density at radius 3 is 2.71 bits per heavy atom. The maximum absolute atomic E-state index is 13.5. The van der Waals surface area contributed by atoms with Crippen molar-refractivity contribution in [3.8, 4) is 5.75 Å². The zero-order valence-electron chi connectivity index (χ0n) is 15.8. The number of halogens is 1. The fourth-order valence-electron chi connectivity index (χ4n) is 2.29. The maximum atomic E-state index is 13.5. The van der Waals surface area contributed by atoms with Gasteiger partial charge in [0, 0.05) is 39.6 Å². The Morgan fingerprint density at radius 1 is 1.25 bits per heavy atom. The first-order chi connectivity index (χ1) is 13.4. The van der Waals surface area contributed by atoms with Crippen molar-refractivity contribution < 1.29 is 17.5 Å². The normalized spacial score (nSPS) is 11.9. The van der Waals surface area contributed by atoms with E-state index in [2.05, 4.69) is 20.0 Å². The molecule has 0 aliphatic carbocycles. The summed E-state index contributed by atoms with van der Waals surface area (Å²) in [5, 5.41) is 3.06. The molecule has 2 rings (SSSR count). The molecule has 0 saturated carbocycles. The summed E-state index contributed by atoms with van der Waals surface area (Å²) in [6.07, 6.45) is 2.80. The molecule has 0 aliphatic rings. The number of hydrogen-bond acceptors (Lipinski definition) is 5. The molecule has 10 heteroatoms. The van der Waals surface area contributed by atoms with E-state index < -0.39 is 15.8 Å². The summed E-state index contributed by atoms with van der Waals surface area (Å²) in [5.74, 6) is 0.356. The van der Waals surface area contributed by atoms with Gasteiger partial charge in [0.25, 0.3) is 0 Å². The van der Waals surface area contributed by atoms with E-state index >= 15 is 0 Å². The molecule has 2 aromatic rings. The quantitative estimate of drug-likeness (QED) is 0.366. The number of para-hydroxylation sites is 1. The largest absolute Gasteiger partial charge is 0.489 e. The van der Waals surface area contributed by atoms with Gasteiger partial charge in [-0.2, -0.15) is 0 Å². The zero-order valence-corrected chi connectivity index (χ0v) is 16.6. The zero-order chi connectivity index (χ0) is 20.4. The highest BCUT2D eigenvalue weighted by Crippen LogP contribution is 2.14. The van der Waals surface area contributed by atoms with Crippen LogP contribution in [0.3, 0.4) is 0 Å². The summed E-state index contributed by atoms with van der Waals surface area (Å²) in [6.45, 7) is 1.25. The average molecular weight is 409 g/mol. The Hall–Kier alpha value is -2.72. The highest BCUT2D eigenvalue weighted by molar-refractivity contribution is 7.89. The topological polar surface area (TPSA) is 95.9 Å². The van der Waals surface area contributed by atoms with Crippen LogP contribution in [0.2, 0.25) is 0 Å². The molecule has 0 bridgehead atoms. The van der Waals surface area contributed by atoms with Crippen molar-refractivity contribution in [2.24, 2.45) is 4.99 Å². The average Bonchev–Trinajstić information content (AvgIpc) is 2.70. The summed E-state index contributed by atoms with van der Waals surface area (Å²) in [5.41, 5.74) is 0. The van der Waals surface area contributed by atoms with Gasteiger partial charge in [-0.25, -0.2) is 17.5 Å². The molecule has 0 atom stereocenters. The van der Waals surface area contributed by atoms with Gasteiger partial charge >= 0.3 is 0 Å². The Bertz CT molecular complexity index is 878. The number of rotatable bonds is 9. The van der Waals surface area contributed by atoms with Crippen molar-refractivity contribution in [1.29, 1.82) is 0 Å². The summed E-state index contributed by atoms with van der Waals surface area (Å²) in [4.78, 5) is 9.86. The lowest BCUT2D eigenvalue weighted by Gasteiger charge is -2.22. The number of ether oxygens (including phenoxy) is 1. The summed E-state index contributed by atoms with van der Waals surface area (Å²) < 4.78 is 45.7. The van der Waals surface area contributed by atoms with E-state index in [1.165, 1.54) is 24.5 Å². The monoisotopic (exact) mass is 409 g/mol. The summed E-state index contributed by atoms with van der Waals surface area (Å²) in [6, 6.07) is 9.25. The van der Waals surface area contributed by atoms with Crippen LogP contribution < -0.4 is 14.8 Å². The second kappa shape index (κ2) is 10.6. The van der Waals surface area contributed by atoms with Gasteiger partial charge < -0.3 is 15.0 Å². The number of likely N-dealkylation sites (N-methyl/N-ethyl adjacent to an activating group) is 1. The second-order valence-corrected chi connectivity index (χ2v) is 7.53. The number of aliphatic imine (C=N–C) groups is 1. The van der Waals surface area contributed by atoms with E-state index in [1.807, 2.05) is 0 Å². The van der Waals surface area contributed by atoms with E-state index in [0.717, 1.165) is 0 Å². The molecule has 0 amide bonds. The van der Waals surface area contributed by atoms with Gasteiger partial charge in [-0.05, 0) is 24.3 Å². The van der Waals surface area contributed by atoms with E-state index in [4.69, 9.17) is 4.74 Å². The first-order valence-corrected chi connectivity index (χ1v) is 10.1. The Balaban J connectivity index is 1.74. The minimum Gasteiger partial charge on any atom is -0.489 e. The fraction of sp³-hybridized carbons (Fsp3) is 0.333. The Morgan fingerprint density at radius 2 is 2.04 bits per heavy atom. The number of benzene rings is 1. The van der Waals surface area contributed by atoms with Crippen molar-refractivity contribution >= 4 is 16.0 Å². The molecular weight excluding hydrogens is 385 g/mol. The smallest absolute Gasteiger partial charge is 0.242 e. The van der Waals surface area contributed by atoms with E-state index in [1.54, 1.807) is 43.3 Å². The van der Waals surface area contributed by atoms with Crippen LogP contribution in [0.4, 0.5) is 4.39 Å². The summed E-state index contributed by atoms with van der Waals surface area (Å²) in [7, 11) is -0.169. The van der Waals surface area contributed by atoms with Crippen molar-refractivity contribution in [2.75, 3.05) is 40.3 Å². The summed E-state index contributed by atoms with van der Waals surface area (Å²) >= 11 is 0. The van der Waals surface area contributed by atoms with E-state index in [-0.39, 0.29) is 23.8 Å². The van der Waals surface area contributed by atoms with Crippen molar-refractivity contribution in [2.45, 2.75) is 4.90 Å². The van der Waals surface area contributed by atoms with Crippen LogP contribution in [-0.4, -0.2) is 64.6 Å². The van der Waals surface area contributed by atoms with Crippen LogP contribution in [0.5, 0.6) is 5.75 Å². The van der Waals surface area contributed by atoms with Crippen LogP contribution in [-0.2, 0) is 10.0 Å². The lowest BCUT2D eigenvalue weighted by atomic mass is 10.3. The van der Waals surface area contributed by atoms with Crippen molar-refractivity contribution in [1.82, 2.24) is 19.9 Å². The molecule has 0 saturated heterocycles. The molecule has 2 N–H and O–H groups in total. The molecule has 1 aromatic carbocycles. The molecule has 0 aliphatic heterocycles. The fourth-order valence-corrected chi connectivity index (χ4v) is 3.29. The van der Waals surface area contributed by atoms with E-state index in [0.29, 0.717) is 19.0 Å². The van der Waals surface area contributed by atoms with Crippen LogP contribution in [0.15, 0.2) is 58.7 Å². The van der Waals surface area contributed by atoms with Crippen LogP contribution >= 0.6 is 0 Å². The number of hydrogen-bond donors (Lipinski definition) is 2. The molecule has 0 unspecified atom stereocenters. The standard InChI is InChI=1S/C18H24FN5O3S/c1-20-18(24(2)12-13-27-17-8-4-3-7-16(17)19)22-10-11-23-28(25,26)15-6-5-9-21-14-15/h3-9,14,23H,10-13H2,1-2H3,(H,20,22). The molecular formula is C18H24FN5O3S. The maximum Gasteiger partial charge on any atom is 0.242 e. The molecule has 1 aromatic heterocycles.